The topological polar surface area (TPSA) is 94.4 Å². The number of alkyl halides is 3. The average Bonchev–Trinajstić information content (AvgIpc) is 2.70. The summed E-state index contributed by atoms with van der Waals surface area (Å²) < 4.78 is 44.2. The molecule has 9 heteroatoms. The molecular weight excluding hydrogens is 243 g/mol. The Labute approximate surface area is 94.6 Å². The SMILES string of the molecule is NC(CO)c1nc(CCOCC(F)(F)F)no1. The molecule has 1 aromatic rings. The highest BCUT2D eigenvalue weighted by Crippen LogP contribution is 2.14. The number of hydrogen-bond donors (Lipinski definition) is 2. The Kier molecular flexibility index (Phi) is 4.85. The fourth-order valence-corrected chi connectivity index (χ4v) is 0.949. The zero-order valence-corrected chi connectivity index (χ0v) is 8.78. The van der Waals surface area contributed by atoms with Crippen molar-refractivity contribution in [2.75, 3.05) is 19.8 Å². The van der Waals surface area contributed by atoms with Gasteiger partial charge in [-0.3, -0.25) is 0 Å². The van der Waals surface area contributed by atoms with Crippen LogP contribution < -0.4 is 5.73 Å². The number of aliphatic hydroxyl groups is 1. The summed E-state index contributed by atoms with van der Waals surface area (Å²) in [5.74, 6) is 0.226. The minimum Gasteiger partial charge on any atom is -0.394 e. The van der Waals surface area contributed by atoms with Gasteiger partial charge in [-0.1, -0.05) is 5.16 Å². The molecule has 0 bridgehead atoms. The van der Waals surface area contributed by atoms with Crippen molar-refractivity contribution in [3.63, 3.8) is 0 Å². The summed E-state index contributed by atoms with van der Waals surface area (Å²) in [7, 11) is 0. The lowest BCUT2D eigenvalue weighted by molar-refractivity contribution is -0.173. The highest BCUT2D eigenvalue weighted by atomic mass is 19.4. The molecule has 0 aliphatic heterocycles. The molecular formula is C8H12F3N3O3. The van der Waals surface area contributed by atoms with E-state index in [4.69, 9.17) is 15.4 Å². The molecule has 3 N–H and O–H groups in total. The third kappa shape index (κ3) is 5.11. The van der Waals surface area contributed by atoms with Gasteiger partial charge in [0.1, 0.15) is 12.6 Å². The molecule has 98 valence electrons. The highest BCUT2D eigenvalue weighted by molar-refractivity contribution is 4.91. The summed E-state index contributed by atoms with van der Waals surface area (Å²) >= 11 is 0. The van der Waals surface area contributed by atoms with Gasteiger partial charge in [-0.2, -0.15) is 18.2 Å². The van der Waals surface area contributed by atoms with Crippen molar-refractivity contribution >= 4 is 0 Å². The zero-order valence-electron chi connectivity index (χ0n) is 8.78. The largest absolute Gasteiger partial charge is 0.411 e. The monoisotopic (exact) mass is 255 g/mol. The van der Waals surface area contributed by atoms with Gasteiger partial charge in [0.15, 0.2) is 5.82 Å². The summed E-state index contributed by atoms with van der Waals surface area (Å²) in [6, 6.07) is -0.785. The molecule has 6 nitrogen and oxygen atoms in total. The lowest BCUT2D eigenvalue weighted by Gasteiger charge is -2.05. The second kappa shape index (κ2) is 5.94. The number of hydrogen-bond acceptors (Lipinski definition) is 6. The molecule has 0 saturated carbocycles. The van der Waals surface area contributed by atoms with E-state index in [1.807, 2.05) is 0 Å². The molecule has 1 heterocycles. The molecule has 0 aliphatic rings. The van der Waals surface area contributed by atoms with E-state index >= 15 is 0 Å². The van der Waals surface area contributed by atoms with E-state index in [2.05, 4.69) is 14.9 Å². The van der Waals surface area contributed by atoms with Crippen molar-refractivity contribution in [3.8, 4) is 0 Å². The Hall–Kier alpha value is -1.19. The summed E-state index contributed by atoms with van der Waals surface area (Å²) in [4.78, 5) is 3.79. The molecule has 0 radical (unpaired) electrons. The van der Waals surface area contributed by atoms with Crippen LogP contribution >= 0.6 is 0 Å². The Balaban J connectivity index is 2.30. The summed E-state index contributed by atoms with van der Waals surface area (Å²) in [5, 5.41) is 12.2. The van der Waals surface area contributed by atoms with Gasteiger partial charge in [-0.05, 0) is 0 Å². The minimum atomic E-state index is -4.35. The quantitative estimate of drug-likeness (QED) is 0.704. The predicted molar refractivity (Wildman–Crippen MR) is 48.9 cm³/mol. The van der Waals surface area contributed by atoms with E-state index in [0.717, 1.165) is 0 Å². The van der Waals surface area contributed by atoms with Crippen molar-refractivity contribution < 1.29 is 27.5 Å². The van der Waals surface area contributed by atoms with Gasteiger partial charge >= 0.3 is 6.18 Å². The van der Waals surface area contributed by atoms with E-state index in [9.17, 15) is 13.2 Å². The predicted octanol–water partition coefficient (Wildman–Crippen LogP) is 0.183. The molecule has 1 atom stereocenters. The van der Waals surface area contributed by atoms with E-state index in [-0.39, 0.29) is 31.3 Å². The number of ether oxygens (including phenoxy) is 1. The Bertz CT molecular complexity index is 342. The smallest absolute Gasteiger partial charge is 0.394 e. The van der Waals surface area contributed by atoms with Crippen LogP contribution in [0.15, 0.2) is 4.52 Å². The molecule has 1 rings (SSSR count). The van der Waals surface area contributed by atoms with Gasteiger partial charge in [0, 0.05) is 6.42 Å². The number of aromatic nitrogens is 2. The third-order valence-corrected chi connectivity index (χ3v) is 1.73. The first-order chi connectivity index (χ1) is 7.92. The zero-order chi connectivity index (χ0) is 12.9. The number of nitrogens with zero attached hydrogens (tertiary/aromatic N) is 2. The van der Waals surface area contributed by atoms with Crippen LogP contribution in [0.25, 0.3) is 0 Å². The first kappa shape index (κ1) is 13.9. The van der Waals surface area contributed by atoms with Gasteiger partial charge in [-0.25, -0.2) is 0 Å². The maximum Gasteiger partial charge on any atom is 0.411 e. The van der Waals surface area contributed by atoms with E-state index in [1.165, 1.54) is 0 Å². The second-order valence-electron chi connectivity index (χ2n) is 3.26. The number of rotatable bonds is 6. The van der Waals surface area contributed by atoms with Crippen molar-refractivity contribution in [2.45, 2.75) is 18.6 Å². The lowest BCUT2D eigenvalue weighted by atomic mass is 10.3. The van der Waals surface area contributed by atoms with Gasteiger partial charge in [-0.15, -0.1) is 0 Å². The molecule has 0 aliphatic carbocycles. The third-order valence-electron chi connectivity index (χ3n) is 1.73. The molecule has 17 heavy (non-hydrogen) atoms. The fourth-order valence-electron chi connectivity index (χ4n) is 0.949. The second-order valence-corrected chi connectivity index (χ2v) is 3.26. The van der Waals surface area contributed by atoms with Crippen molar-refractivity contribution in [1.29, 1.82) is 0 Å². The normalized spacial score (nSPS) is 13.9. The summed E-state index contributed by atoms with van der Waals surface area (Å²) in [6.07, 6.45) is -4.26. The lowest BCUT2D eigenvalue weighted by Crippen LogP contribution is -2.18. The Morgan fingerprint density at radius 1 is 1.47 bits per heavy atom. The van der Waals surface area contributed by atoms with Crippen molar-refractivity contribution in [2.24, 2.45) is 5.73 Å². The average molecular weight is 255 g/mol. The Morgan fingerprint density at radius 2 is 2.18 bits per heavy atom. The van der Waals surface area contributed by atoms with Crippen LogP contribution in [0, 0.1) is 0 Å². The molecule has 1 unspecified atom stereocenters. The van der Waals surface area contributed by atoms with Gasteiger partial charge in [0.05, 0.1) is 13.2 Å². The van der Waals surface area contributed by atoms with E-state index < -0.39 is 18.8 Å². The van der Waals surface area contributed by atoms with Gasteiger partial charge < -0.3 is 20.1 Å². The van der Waals surface area contributed by atoms with Gasteiger partial charge in [0.2, 0.25) is 5.89 Å². The standard InChI is InChI=1S/C8H12F3N3O3/c9-8(10,11)4-16-2-1-6-13-7(17-14-6)5(12)3-15/h5,15H,1-4,12H2. The molecule has 1 aromatic heterocycles. The van der Waals surface area contributed by atoms with Crippen molar-refractivity contribution in [3.05, 3.63) is 11.7 Å². The van der Waals surface area contributed by atoms with Crippen LogP contribution in [0.2, 0.25) is 0 Å². The minimum absolute atomic E-state index is 0.0401. The van der Waals surface area contributed by atoms with Crippen LogP contribution in [-0.2, 0) is 11.2 Å². The Morgan fingerprint density at radius 3 is 2.76 bits per heavy atom. The van der Waals surface area contributed by atoms with Crippen LogP contribution in [-0.4, -0.2) is 41.2 Å². The first-order valence-electron chi connectivity index (χ1n) is 4.76. The first-order valence-corrected chi connectivity index (χ1v) is 4.76. The van der Waals surface area contributed by atoms with E-state index in [1.54, 1.807) is 0 Å². The summed E-state index contributed by atoms with van der Waals surface area (Å²) in [6.45, 7) is -1.84. The van der Waals surface area contributed by atoms with Crippen LogP contribution in [0.4, 0.5) is 13.2 Å². The molecule has 0 amide bonds. The molecule has 0 aromatic carbocycles. The van der Waals surface area contributed by atoms with Crippen molar-refractivity contribution in [1.82, 2.24) is 10.1 Å². The van der Waals surface area contributed by atoms with Crippen LogP contribution in [0.3, 0.4) is 0 Å². The summed E-state index contributed by atoms with van der Waals surface area (Å²) in [5.41, 5.74) is 5.39. The number of halogens is 3. The highest BCUT2D eigenvalue weighted by Gasteiger charge is 2.27. The van der Waals surface area contributed by atoms with Crippen LogP contribution in [0.1, 0.15) is 17.8 Å². The van der Waals surface area contributed by atoms with E-state index in [0.29, 0.717) is 0 Å². The molecule has 0 fully saturated rings. The molecule has 0 spiro atoms. The number of nitrogens with two attached hydrogens (primary N) is 1. The van der Waals surface area contributed by atoms with Crippen LogP contribution in [0.5, 0.6) is 0 Å². The number of aliphatic hydroxyl groups excluding tert-OH is 1. The maximum atomic E-state index is 11.7. The maximum absolute atomic E-state index is 11.7. The van der Waals surface area contributed by atoms with Gasteiger partial charge in [0.25, 0.3) is 0 Å². The fraction of sp³-hybridized carbons (Fsp3) is 0.750. The molecule has 0 saturated heterocycles.